The molecule has 0 bridgehead atoms. The van der Waals surface area contributed by atoms with Crippen molar-refractivity contribution in [3.05, 3.63) is 28.9 Å². The van der Waals surface area contributed by atoms with Crippen molar-refractivity contribution in [3.8, 4) is 0 Å². The van der Waals surface area contributed by atoms with Crippen molar-refractivity contribution in [2.24, 2.45) is 0 Å². The summed E-state index contributed by atoms with van der Waals surface area (Å²) in [7, 11) is 1.78. The van der Waals surface area contributed by atoms with Gasteiger partial charge in [-0.2, -0.15) is 4.98 Å². The molecule has 86 valence electrons. The Kier molecular flexibility index (Phi) is 1.82. The molecule has 4 N–H and O–H groups in total. The van der Waals surface area contributed by atoms with E-state index in [4.69, 9.17) is 5.73 Å². The average molecular weight is 230 g/mol. The fourth-order valence-corrected chi connectivity index (χ4v) is 1.89. The van der Waals surface area contributed by atoms with E-state index in [0.29, 0.717) is 22.2 Å². The number of H-pyrrole nitrogens is 1. The Labute approximate surface area is 95.3 Å². The van der Waals surface area contributed by atoms with Gasteiger partial charge in [0.1, 0.15) is 23.2 Å². The molecule has 2 aromatic heterocycles. The van der Waals surface area contributed by atoms with Crippen LogP contribution in [0.2, 0.25) is 0 Å². The average Bonchev–Trinajstić information content (AvgIpc) is 2.71. The summed E-state index contributed by atoms with van der Waals surface area (Å²) in [6, 6.07) is 3.68. The summed E-state index contributed by atoms with van der Waals surface area (Å²) >= 11 is 0. The lowest BCUT2D eigenvalue weighted by Crippen LogP contribution is -2.13. The normalized spacial score (nSPS) is 11.1. The third kappa shape index (κ3) is 1.25. The zero-order valence-corrected chi connectivity index (χ0v) is 9.06. The molecule has 1 aromatic carbocycles. The molecular weight excluding hydrogens is 220 g/mol. The third-order valence-electron chi connectivity index (χ3n) is 2.68. The molecule has 2 heterocycles. The van der Waals surface area contributed by atoms with Crippen molar-refractivity contribution in [1.29, 1.82) is 0 Å². The topological polar surface area (TPSA) is 102 Å². The van der Waals surface area contributed by atoms with E-state index >= 15 is 0 Å². The van der Waals surface area contributed by atoms with Gasteiger partial charge in [0.2, 0.25) is 0 Å². The zero-order valence-electron chi connectivity index (χ0n) is 9.06. The van der Waals surface area contributed by atoms with E-state index in [2.05, 4.69) is 20.4 Å². The van der Waals surface area contributed by atoms with Crippen molar-refractivity contribution >= 4 is 27.8 Å². The van der Waals surface area contributed by atoms with Gasteiger partial charge >= 0.3 is 5.69 Å². The van der Waals surface area contributed by atoms with Crippen LogP contribution in [0.25, 0.3) is 21.9 Å². The standard InChI is InChI=1S/C10H10N6O/c1-12-16-4-13-8-6(16)3-2-5-7(8)14-10(17)15-9(5)11/h2-4,12H,1H3,(H3,11,14,15,17). The second-order valence-electron chi connectivity index (χ2n) is 3.62. The number of anilines is 1. The predicted molar refractivity (Wildman–Crippen MR) is 65.4 cm³/mol. The highest BCUT2D eigenvalue weighted by molar-refractivity contribution is 6.05. The third-order valence-corrected chi connectivity index (χ3v) is 2.68. The van der Waals surface area contributed by atoms with Gasteiger partial charge in [0.25, 0.3) is 0 Å². The number of aromatic amines is 1. The molecule has 7 heteroatoms. The quantitative estimate of drug-likeness (QED) is 0.547. The van der Waals surface area contributed by atoms with E-state index in [0.717, 1.165) is 5.52 Å². The van der Waals surface area contributed by atoms with Gasteiger partial charge in [-0.15, -0.1) is 0 Å². The first-order valence-electron chi connectivity index (χ1n) is 5.04. The maximum Gasteiger partial charge on any atom is 0.347 e. The lowest BCUT2D eigenvalue weighted by Gasteiger charge is -2.03. The van der Waals surface area contributed by atoms with Gasteiger partial charge in [0.15, 0.2) is 0 Å². The van der Waals surface area contributed by atoms with Crippen LogP contribution in [-0.2, 0) is 0 Å². The van der Waals surface area contributed by atoms with Crippen molar-refractivity contribution < 1.29 is 0 Å². The number of hydrogen-bond acceptors (Lipinski definition) is 5. The summed E-state index contributed by atoms with van der Waals surface area (Å²) in [6.45, 7) is 0. The number of nitrogens with two attached hydrogens (primary N) is 1. The first-order valence-corrected chi connectivity index (χ1v) is 5.04. The number of hydrogen-bond donors (Lipinski definition) is 3. The first kappa shape index (κ1) is 9.64. The Hall–Kier alpha value is -2.57. The Morgan fingerprint density at radius 3 is 3.00 bits per heavy atom. The highest BCUT2D eigenvalue weighted by Gasteiger charge is 2.10. The zero-order chi connectivity index (χ0) is 12.0. The van der Waals surface area contributed by atoms with Crippen molar-refractivity contribution in [2.45, 2.75) is 0 Å². The summed E-state index contributed by atoms with van der Waals surface area (Å²) in [4.78, 5) is 21.9. The van der Waals surface area contributed by atoms with Gasteiger partial charge in [-0.25, -0.2) is 14.5 Å². The molecule has 0 unspecified atom stereocenters. The lowest BCUT2D eigenvalue weighted by molar-refractivity contribution is 0.956. The molecular formula is C10H10N6O. The smallest absolute Gasteiger partial charge is 0.347 e. The van der Waals surface area contributed by atoms with Crippen LogP contribution < -0.4 is 16.8 Å². The number of fused-ring (bicyclic) bond motifs is 3. The molecule has 0 amide bonds. The summed E-state index contributed by atoms with van der Waals surface area (Å²) in [5.41, 5.74) is 10.2. The summed E-state index contributed by atoms with van der Waals surface area (Å²) in [5.74, 6) is 0.306. The fraction of sp³-hybridized carbons (Fsp3) is 0.100. The van der Waals surface area contributed by atoms with Crippen LogP contribution in [0.3, 0.4) is 0 Å². The van der Waals surface area contributed by atoms with E-state index in [1.165, 1.54) is 0 Å². The molecule has 3 rings (SSSR count). The van der Waals surface area contributed by atoms with Crippen LogP contribution in [0.5, 0.6) is 0 Å². The van der Waals surface area contributed by atoms with Gasteiger partial charge in [0, 0.05) is 12.4 Å². The minimum Gasteiger partial charge on any atom is -0.385 e. The second kappa shape index (κ2) is 3.21. The molecule has 0 atom stereocenters. The van der Waals surface area contributed by atoms with Crippen LogP contribution in [0, 0.1) is 0 Å². The number of rotatable bonds is 1. The summed E-state index contributed by atoms with van der Waals surface area (Å²) in [6.07, 6.45) is 1.63. The molecule has 0 saturated heterocycles. The molecule has 17 heavy (non-hydrogen) atoms. The van der Waals surface area contributed by atoms with E-state index in [1.54, 1.807) is 18.1 Å². The van der Waals surface area contributed by atoms with Crippen molar-refractivity contribution in [1.82, 2.24) is 19.6 Å². The van der Waals surface area contributed by atoms with Gasteiger partial charge in [-0.1, -0.05) is 0 Å². The maximum atomic E-state index is 11.3. The van der Waals surface area contributed by atoms with Crippen molar-refractivity contribution in [3.63, 3.8) is 0 Å². The van der Waals surface area contributed by atoms with Crippen LogP contribution in [0.1, 0.15) is 0 Å². The predicted octanol–water partition coefficient (Wildman–Crippen LogP) is 0.0283. The first-order chi connectivity index (χ1) is 8.20. The molecule has 0 aliphatic heterocycles. The monoisotopic (exact) mass is 230 g/mol. The molecule has 0 spiro atoms. The lowest BCUT2D eigenvalue weighted by atomic mass is 10.2. The van der Waals surface area contributed by atoms with E-state index in [-0.39, 0.29) is 0 Å². The van der Waals surface area contributed by atoms with Crippen LogP contribution in [0.4, 0.5) is 5.82 Å². The molecule has 0 saturated carbocycles. The summed E-state index contributed by atoms with van der Waals surface area (Å²) in [5, 5.41) is 0.693. The van der Waals surface area contributed by atoms with Gasteiger partial charge < -0.3 is 11.2 Å². The summed E-state index contributed by atoms with van der Waals surface area (Å²) < 4.78 is 1.74. The number of nitrogen functional groups attached to an aromatic ring is 1. The molecule has 7 nitrogen and oxygen atoms in total. The Morgan fingerprint density at radius 2 is 2.24 bits per heavy atom. The number of nitrogens with one attached hydrogen (secondary N) is 2. The SMILES string of the molecule is CNn1cnc2c3nc(=O)[nH]c(N)c3ccc21. The van der Waals surface area contributed by atoms with E-state index in [1.807, 2.05) is 12.1 Å². The number of nitrogens with zero attached hydrogens (tertiary/aromatic N) is 3. The number of aromatic nitrogens is 4. The largest absolute Gasteiger partial charge is 0.385 e. The van der Waals surface area contributed by atoms with Gasteiger partial charge in [-0.05, 0) is 12.1 Å². The minimum absolute atomic E-state index is 0.306. The highest BCUT2D eigenvalue weighted by atomic mass is 16.1. The minimum atomic E-state index is -0.471. The Bertz CT molecular complexity index is 771. The van der Waals surface area contributed by atoms with Crippen LogP contribution in [-0.4, -0.2) is 26.7 Å². The van der Waals surface area contributed by atoms with E-state index in [9.17, 15) is 4.79 Å². The second-order valence-corrected chi connectivity index (χ2v) is 3.62. The highest BCUT2D eigenvalue weighted by Crippen LogP contribution is 2.23. The van der Waals surface area contributed by atoms with E-state index < -0.39 is 5.69 Å². The Balaban J connectivity index is 2.55. The number of benzene rings is 1. The van der Waals surface area contributed by atoms with Gasteiger partial charge in [0.05, 0.1) is 5.52 Å². The molecule has 0 aliphatic carbocycles. The Morgan fingerprint density at radius 1 is 1.41 bits per heavy atom. The fourth-order valence-electron chi connectivity index (χ4n) is 1.89. The van der Waals surface area contributed by atoms with Gasteiger partial charge in [-0.3, -0.25) is 4.98 Å². The number of imidazole rings is 1. The molecule has 0 aliphatic rings. The maximum absolute atomic E-state index is 11.3. The molecule has 3 aromatic rings. The van der Waals surface area contributed by atoms with Crippen molar-refractivity contribution in [2.75, 3.05) is 18.2 Å². The molecule has 0 fully saturated rings. The molecule has 0 radical (unpaired) electrons. The van der Waals surface area contributed by atoms with Crippen LogP contribution >= 0.6 is 0 Å². The van der Waals surface area contributed by atoms with Crippen LogP contribution in [0.15, 0.2) is 23.3 Å².